The Hall–Kier alpha value is -0.860. The van der Waals surface area contributed by atoms with Crippen LogP contribution in [0, 0.1) is 11.8 Å². The van der Waals surface area contributed by atoms with Crippen molar-refractivity contribution in [2.45, 2.75) is 77.0 Å². The largest absolute Gasteiger partial charge is 0.296 e. The van der Waals surface area contributed by atoms with Crippen LogP contribution in [0.2, 0.25) is 0 Å². The Labute approximate surface area is 116 Å². The number of amides is 2. The first-order valence-corrected chi connectivity index (χ1v) is 8.11. The molecular formula is C16H27NO2. The van der Waals surface area contributed by atoms with E-state index in [9.17, 15) is 9.59 Å². The normalized spacial score (nSPS) is 28.5. The summed E-state index contributed by atoms with van der Waals surface area (Å²) in [6.07, 6.45) is 14.5. The van der Waals surface area contributed by atoms with Crippen molar-refractivity contribution >= 4 is 11.8 Å². The quantitative estimate of drug-likeness (QED) is 0.737. The van der Waals surface area contributed by atoms with Crippen molar-refractivity contribution in [1.29, 1.82) is 0 Å². The van der Waals surface area contributed by atoms with E-state index in [2.05, 4.69) is 5.32 Å². The predicted octanol–water partition coefficient (Wildman–Crippen LogP) is 3.57. The summed E-state index contributed by atoms with van der Waals surface area (Å²) in [4.78, 5) is 23.2. The van der Waals surface area contributed by atoms with Gasteiger partial charge in [-0.25, -0.2) is 0 Å². The number of rotatable bonds is 1. The molecule has 2 amide bonds. The zero-order valence-electron chi connectivity index (χ0n) is 12.0. The molecule has 0 aromatic heterocycles. The molecular weight excluding hydrogens is 238 g/mol. The summed E-state index contributed by atoms with van der Waals surface area (Å²) in [6.45, 7) is 0. The van der Waals surface area contributed by atoms with Gasteiger partial charge in [-0.05, 0) is 18.8 Å². The summed E-state index contributed by atoms with van der Waals surface area (Å²) in [7, 11) is 0. The van der Waals surface area contributed by atoms with E-state index in [-0.39, 0.29) is 17.7 Å². The maximum absolute atomic E-state index is 11.8. The molecule has 1 aliphatic carbocycles. The SMILES string of the molecule is O=C1CC(C2CCCCCCCCCCC2)C(=O)N1. The summed E-state index contributed by atoms with van der Waals surface area (Å²) in [6, 6.07) is 0. The van der Waals surface area contributed by atoms with Crippen molar-refractivity contribution in [3.8, 4) is 0 Å². The van der Waals surface area contributed by atoms with E-state index in [1.165, 1.54) is 57.8 Å². The first-order chi connectivity index (χ1) is 9.27. The van der Waals surface area contributed by atoms with Gasteiger partial charge in [-0.15, -0.1) is 0 Å². The highest BCUT2D eigenvalue weighted by Gasteiger charge is 2.35. The van der Waals surface area contributed by atoms with Crippen LogP contribution in [0.5, 0.6) is 0 Å². The molecule has 1 aliphatic heterocycles. The van der Waals surface area contributed by atoms with E-state index in [1.54, 1.807) is 0 Å². The Morgan fingerprint density at radius 3 is 1.63 bits per heavy atom. The lowest BCUT2D eigenvalue weighted by Gasteiger charge is -2.21. The smallest absolute Gasteiger partial charge is 0.230 e. The van der Waals surface area contributed by atoms with Gasteiger partial charge in [0, 0.05) is 12.3 Å². The molecule has 19 heavy (non-hydrogen) atoms. The zero-order valence-corrected chi connectivity index (χ0v) is 12.0. The second-order valence-corrected chi connectivity index (χ2v) is 6.24. The molecule has 1 saturated carbocycles. The molecule has 1 N–H and O–H groups in total. The highest BCUT2D eigenvalue weighted by Crippen LogP contribution is 2.31. The summed E-state index contributed by atoms with van der Waals surface area (Å²) in [5.74, 6) is 0.324. The summed E-state index contributed by atoms with van der Waals surface area (Å²) >= 11 is 0. The molecule has 2 rings (SSSR count). The molecule has 0 aromatic carbocycles. The van der Waals surface area contributed by atoms with Gasteiger partial charge in [0.15, 0.2) is 0 Å². The van der Waals surface area contributed by atoms with Crippen molar-refractivity contribution in [1.82, 2.24) is 5.32 Å². The molecule has 0 bridgehead atoms. The zero-order chi connectivity index (χ0) is 13.5. The fourth-order valence-electron chi connectivity index (χ4n) is 3.55. The first kappa shape index (κ1) is 14.5. The van der Waals surface area contributed by atoms with Gasteiger partial charge in [-0.3, -0.25) is 14.9 Å². The Morgan fingerprint density at radius 1 is 0.737 bits per heavy atom. The molecule has 1 unspecified atom stereocenters. The Morgan fingerprint density at radius 2 is 1.21 bits per heavy atom. The van der Waals surface area contributed by atoms with Gasteiger partial charge in [0.1, 0.15) is 0 Å². The summed E-state index contributed by atoms with van der Waals surface area (Å²) in [5, 5.41) is 2.47. The van der Waals surface area contributed by atoms with Crippen LogP contribution in [-0.2, 0) is 9.59 Å². The van der Waals surface area contributed by atoms with E-state index in [0.717, 1.165) is 12.8 Å². The number of nitrogens with one attached hydrogen (secondary N) is 1. The van der Waals surface area contributed by atoms with Gasteiger partial charge in [-0.1, -0.05) is 57.8 Å². The van der Waals surface area contributed by atoms with Crippen molar-refractivity contribution < 1.29 is 9.59 Å². The van der Waals surface area contributed by atoms with Crippen LogP contribution in [0.3, 0.4) is 0 Å². The van der Waals surface area contributed by atoms with Crippen LogP contribution in [0.4, 0.5) is 0 Å². The topological polar surface area (TPSA) is 46.2 Å². The molecule has 1 heterocycles. The van der Waals surface area contributed by atoms with Crippen LogP contribution >= 0.6 is 0 Å². The molecule has 1 atom stereocenters. The van der Waals surface area contributed by atoms with Crippen LogP contribution in [0.15, 0.2) is 0 Å². The molecule has 0 aromatic rings. The molecule has 108 valence electrons. The van der Waals surface area contributed by atoms with Crippen molar-refractivity contribution in [3.63, 3.8) is 0 Å². The molecule has 0 radical (unpaired) electrons. The lowest BCUT2D eigenvalue weighted by Crippen LogP contribution is -2.26. The minimum absolute atomic E-state index is 0.0119. The van der Waals surface area contributed by atoms with Crippen molar-refractivity contribution in [3.05, 3.63) is 0 Å². The predicted molar refractivity (Wildman–Crippen MR) is 75.5 cm³/mol. The third kappa shape index (κ3) is 4.63. The van der Waals surface area contributed by atoms with Gasteiger partial charge in [0.25, 0.3) is 0 Å². The minimum atomic E-state index is -0.0684. The maximum atomic E-state index is 11.8. The molecule has 1 saturated heterocycles. The van der Waals surface area contributed by atoms with Gasteiger partial charge in [-0.2, -0.15) is 0 Å². The highest BCUT2D eigenvalue weighted by atomic mass is 16.2. The lowest BCUT2D eigenvalue weighted by molar-refractivity contribution is -0.126. The number of hydrogen-bond donors (Lipinski definition) is 1. The van der Waals surface area contributed by atoms with E-state index >= 15 is 0 Å². The molecule has 3 nitrogen and oxygen atoms in total. The lowest BCUT2D eigenvalue weighted by atomic mass is 9.82. The Bertz CT molecular complexity index is 302. The average Bonchev–Trinajstić information content (AvgIpc) is 2.69. The van der Waals surface area contributed by atoms with Crippen LogP contribution in [0.25, 0.3) is 0 Å². The second kappa shape index (κ2) is 7.66. The fourth-order valence-corrected chi connectivity index (χ4v) is 3.55. The molecule has 3 heteroatoms. The van der Waals surface area contributed by atoms with Crippen LogP contribution in [-0.4, -0.2) is 11.8 Å². The third-order valence-corrected chi connectivity index (χ3v) is 4.72. The maximum Gasteiger partial charge on any atom is 0.230 e. The Kier molecular flexibility index (Phi) is 5.87. The van der Waals surface area contributed by atoms with Gasteiger partial charge >= 0.3 is 0 Å². The van der Waals surface area contributed by atoms with Crippen LogP contribution in [0.1, 0.15) is 77.0 Å². The minimum Gasteiger partial charge on any atom is -0.296 e. The fraction of sp³-hybridized carbons (Fsp3) is 0.875. The molecule has 2 aliphatic rings. The summed E-state index contributed by atoms with van der Waals surface area (Å²) < 4.78 is 0. The number of carbonyl (C=O) groups is 2. The van der Waals surface area contributed by atoms with E-state index in [0.29, 0.717) is 12.3 Å². The van der Waals surface area contributed by atoms with E-state index < -0.39 is 0 Å². The van der Waals surface area contributed by atoms with Crippen molar-refractivity contribution in [2.24, 2.45) is 11.8 Å². The molecule has 2 fully saturated rings. The monoisotopic (exact) mass is 265 g/mol. The van der Waals surface area contributed by atoms with Crippen LogP contribution < -0.4 is 5.32 Å². The first-order valence-electron chi connectivity index (χ1n) is 8.11. The second-order valence-electron chi connectivity index (χ2n) is 6.24. The van der Waals surface area contributed by atoms with Gasteiger partial charge < -0.3 is 0 Å². The van der Waals surface area contributed by atoms with Gasteiger partial charge in [0.05, 0.1) is 0 Å². The molecule has 0 spiro atoms. The summed E-state index contributed by atoms with van der Waals surface area (Å²) in [5.41, 5.74) is 0. The van der Waals surface area contributed by atoms with E-state index in [1.807, 2.05) is 0 Å². The van der Waals surface area contributed by atoms with E-state index in [4.69, 9.17) is 0 Å². The average molecular weight is 265 g/mol. The standard InChI is InChI=1S/C16H27NO2/c18-15-12-14(16(19)17-15)13-10-8-6-4-2-1-3-5-7-9-11-13/h13-14H,1-12H2,(H,17,18,19). The van der Waals surface area contributed by atoms with Crippen molar-refractivity contribution in [2.75, 3.05) is 0 Å². The highest BCUT2D eigenvalue weighted by molar-refractivity contribution is 6.03. The number of hydrogen-bond acceptors (Lipinski definition) is 2. The number of imide groups is 1. The third-order valence-electron chi connectivity index (χ3n) is 4.72. The van der Waals surface area contributed by atoms with Gasteiger partial charge in [0.2, 0.25) is 11.8 Å². The Balaban J connectivity index is 1.87. The number of carbonyl (C=O) groups excluding carboxylic acids is 2.